The van der Waals surface area contributed by atoms with Gasteiger partial charge in [0.25, 0.3) is 5.91 Å². The van der Waals surface area contributed by atoms with E-state index < -0.39 is 5.97 Å². The van der Waals surface area contributed by atoms with Crippen LogP contribution in [0.25, 0.3) is 17.4 Å². The van der Waals surface area contributed by atoms with E-state index in [1.54, 1.807) is 72.8 Å². The molecule has 0 atom stereocenters. The molecule has 9 nitrogen and oxygen atoms in total. The molecule has 0 radical (unpaired) electrons. The Morgan fingerprint density at radius 2 is 1.70 bits per heavy atom. The van der Waals surface area contributed by atoms with Gasteiger partial charge in [-0.05, 0) is 54.1 Å². The maximum atomic E-state index is 12.7. The van der Waals surface area contributed by atoms with Crippen LogP contribution >= 0.6 is 0 Å². The van der Waals surface area contributed by atoms with Gasteiger partial charge in [-0.25, -0.2) is 4.79 Å². The van der Waals surface area contributed by atoms with Crippen molar-refractivity contribution in [3.8, 4) is 22.8 Å². The first-order valence-corrected chi connectivity index (χ1v) is 11.2. The van der Waals surface area contributed by atoms with E-state index in [1.807, 2.05) is 0 Å². The molecule has 4 aromatic rings. The van der Waals surface area contributed by atoms with Crippen LogP contribution in [0.15, 0.2) is 83.4 Å². The molecule has 9 heteroatoms. The lowest BCUT2D eigenvalue weighted by molar-refractivity contribution is 0.0589. The fraction of sp³-hybridized carbons (Fsp3) is 0.0714. The number of amides is 1. The molecule has 0 unspecified atom stereocenters. The average Bonchev–Trinajstić information content (AvgIpc) is 3.61. The molecule has 0 spiro atoms. The SMILES string of the molecule is COC(=O)c1cc(-c2cccc(NC(=O)c3ccc(/C=C/C(=O)c4ccc5c(c4)OCO5)cc3)c2)on1. The number of rotatable bonds is 7. The predicted molar refractivity (Wildman–Crippen MR) is 134 cm³/mol. The van der Waals surface area contributed by atoms with Gasteiger partial charge in [-0.15, -0.1) is 0 Å². The monoisotopic (exact) mass is 496 g/mol. The molecule has 0 bridgehead atoms. The van der Waals surface area contributed by atoms with Gasteiger partial charge in [-0.2, -0.15) is 0 Å². The van der Waals surface area contributed by atoms with E-state index in [0.29, 0.717) is 39.6 Å². The van der Waals surface area contributed by atoms with E-state index in [1.165, 1.54) is 19.3 Å². The lowest BCUT2D eigenvalue weighted by Crippen LogP contribution is -2.11. The number of benzene rings is 3. The highest BCUT2D eigenvalue weighted by Gasteiger charge is 2.16. The molecule has 0 aliphatic carbocycles. The molecule has 1 aromatic heterocycles. The Hall–Kier alpha value is -5.18. The second-order valence-corrected chi connectivity index (χ2v) is 7.99. The van der Waals surface area contributed by atoms with Gasteiger partial charge in [0, 0.05) is 28.4 Å². The highest BCUT2D eigenvalue weighted by molar-refractivity contribution is 6.07. The van der Waals surface area contributed by atoms with E-state index >= 15 is 0 Å². The Labute approximate surface area is 211 Å². The second kappa shape index (κ2) is 10.2. The maximum absolute atomic E-state index is 12.7. The van der Waals surface area contributed by atoms with Gasteiger partial charge in [-0.3, -0.25) is 9.59 Å². The van der Waals surface area contributed by atoms with Gasteiger partial charge >= 0.3 is 5.97 Å². The standard InChI is InChI=1S/C28H20N2O7/c1-34-28(33)22-15-25(37-30-22)20-3-2-4-21(13-20)29-27(32)18-8-5-17(6-9-18)7-11-23(31)19-10-12-24-26(14-19)36-16-35-24/h2-15H,16H2,1H3,(H,29,32)/b11-7+. The summed E-state index contributed by atoms with van der Waals surface area (Å²) in [6.07, 6.45) is 3.14. The number of esters is 1. The van der Waals surface area contributed by atoms with E-state index in [2.05, 4.69) is 15.2 Å². The molecular weight excluding hydrogens is 476 g/mol. The minimum atomic E-state index is -0.602. The molecule has 1 N–H and O–H groups in total. The number of aromatic nitrogens is 1. The molecule has 1 aliphatic rings. The third-order valence-corrected chi connectivity index (χ3v) is 5.57. The quantitative estimate of drug-likeness (QED) is 0.216. The molecule has 5 rings (SSSR count). The Morgan fingerprint density at radius 3 is 2.51 bits per heavy atom. The first-order valence-electron chi connectivity index (χ1n) is 11.2. The summed E-state index contributed by atoms with van der Waals surface area (Å²) >= 11 is 0. The van der Waals surface area contributed by atoms with Crippen molar-refractivity contribution in [1.82, 2.24) is 5.16 Å². The van der Waals surface area contributed by atoms with Gasteiger partial charge in [-0.1, -0.05) is 35.5 Å². The topological polar surface area (TPSA) is 117 Å². The maximum Gasteiger partial charge on any atom is 0.360 e. The molecule has 0 saturated heterocycles. The van der Waals surface area contributed by atoms with Crippen molar-refractivity contribution in [3.63, 3.8) is 0 Å². The van der Waals surface area contributed by atoms with Crippen LogP contribution in [-0.4, -0.2) is 36.7 Å². The summed E-state index contributed by atoms with van der Waals surface area (Å²) in [4.78, 5) is 36.8. The van der Waals surface area contributed by atoms with Crippen molar-refractivity contribution in [1.29, 1.82) is 0 Å². The number of ether oxygens (including phenoxy) is 3. The normalized spacial score (nSPS) is 11.9. The largest absolute Gasteiger partial charge is 0.464 e. The summed E-state index contributed by atoms with van der Waals surface area (Å²) in [5, 5.41) is 6.53. The van der Waals surface area contributed by atoms with Crippen LogP contribution in [0, 0.1) is 0 Å². The second-order valence-electron chi connectivity index (χ2n) is 7.99. The molecule has 184 valence electrons. The van der Waals surface area contributed by atoms with Gasteiger partial charge in [0.15, 0.2) is 28.7 Å². The minimum absolute atomic E-state index is 0.0543. The Balaban J connectivity index is 1.22. The number of hydrogen-bond donors (Lipinski definition) is 1. The lowest BCUT2D eigenvalue weighted by Gasteiger charge is -2.07. The zero-order chi connectivity index (χ0) is 25.8. The molecule has 0 fully saturated rings. The molecule has 2 heterocycles. The van der Waals surface area contributed by atoms with Gasteiger partial charge in [0.2, 0.25) is 6.79 Å². The number of nitrogens with zero attached hydrogens (tertiary/aromatic N) is 1. The number of carbonyl (C=O) groups excluding carboxylic acids is 3. The molecule has 1 amide bonds. The molecule has 1 aliphatic heterocycles. The average molecular weight is 496 g/mol. The van der Waals surface area contributed by atoms with Crippen LogP contribution in [0.4, 0.5) is 5.69 Å². The minimum Gasteiger partial charge on any atom is -0.464 e. The smallest absolute Gasteiger partial charge is 0.360 e. The number of carbonyl (C=O) groups is 3. The van der Waals surface area contributed by atoms with Crippen molar-refractivity contribution in [3.05, 3.63) is 101 Å². The fourth-order valence-corrected chi connectivity index (χ4v) is 3.63. The number of fused-ring (bicyclic) bond motifs is 1. The third kappa shape index (κ3) is 5.25. The predicted octanol–water partition coefficient (Wildman–Crippen LogP) is 5.01. The summed E-state index contributed by atoms with van der Waals surface area (Å²) < 4.78 is 20.4. The third-order valence-electron chi connectivity index (χ3n) is 5.57. The summed E-state index contributed by atoms with van der Waals surface area (Å²) in [5.74, 6) is 0.444. The van der Waals surface area contributed by atoms with Crippen molar-refractivity contribution in [2.75, 3.05) is 19.2 Å². The van der Waals surface area contributed by atoms with E-state index in [4.69, 9.17) is 14.0 Å². The zero-order valence-electron chi connectivity index (χ0n) is 19.6. The van der Waals surface area contributed by atoms with Gasteiger partial charge in [0.1, 0.15) is 0 Å². The van der Waals surface area contributed by atoms with Crippen molar-refractivity contribution in [2.45, 2.75) is 0 Å². The number of allylic oxidation sites excluding steroid dienone is 1. The Kier molecular flexibility index (Phi) is 6.50. The number of anilines is 1. The molecule has 0 saturated carbocycles. The summed E-state index contributed by atoms with van der Waals surface area (Å²) in [6, 6.07) is 20.3. The molecule has 37 heavy (non-hydrogen) atoms. The van der Waals surface area contributed by atoms with E-state index in [-0.39, 0.29) is 24.2 Å². The van der Waals surface area contributed by atoms with E-state index in [9.17, 15) is 14.4 Å². The highest BCUT2D eigenvalue weighted by atomic mass is 16.7. The van der Waals surface area contributed by atoms with Crippen LogP contribution in [0.5, 0.6) is 11.5 Å². The van der Waals surface area contributed by atoms with Crippen LogP contribution < -0.4 is 14.8 Å². The highest BCUT2D eigenvalue weighted by Crippen LogP contribution is 2.32. The molecular formula is C28H20N2O7. The van der Waals surface area contributed by atoms with E-state index in [0.717, 1.165) is 5.56 Å². The van der Waals surface area contributed by atoms with Crippen LogP contribution in [-0.2, 0) is 4.74 Å². The van der Waals surface area contributed by atoms with Gasteiger partial charge in [0.05, 0.1) is 7.11 Å². The molecule has 3 aromatic carbocycles. The summed E-state index contributed by atoms with van der Waals surface area (Å²) in [5.41, 5.74) is 2.92. The first kappa shape index (κ1) is 23.6. The van der Waals surface area contributed by atoms with Crippen molar-refractivity contribution in [2.24, 2.45) is 0 Å². The zero-order valence-corrected chi connectivity index (χ0v) is 19.6. The summed E-state index contributed by atoms with van der Waals surface area (Å²) in [7, 11) is 1.26. The van der Waals surface area contributed by atoms with Crippen molar-refractivity contribution >= 4 is 29.4 Å². The first-order chi connectivity index (χ1) is 18.0. The Morgan fingerprint density at radius 1 is 0.919 bits per heavy atom. The van der Waals surface area contributed by atoms with Gasteiger partial charge < -0.3 is 24.1 Å². The fourth-order valence-electron chi connectivity index (χ4n) is 3.63. The number of hydrogen-bond acceptors (Lipinski definition) is 8. The summed E-state index contributed by atoms with van der Waals surface area (Å²) in [6.45, 7) is 0.146. The number of methoxy groups -OCH3 is 1. The van der Waals surface area contributed by atoms with Crippen LogP contribution in [0.1, 0.15) is 36.8 Å². The Bertz CT molecular complexity index is 1520. The van der Waals surface area contributed by atoms with Crippen molar-refractivity contribution < 1.29 is 33.1 Å². The number of nitrogens with one attached hydrogen (secondary N) is 1. The van der Waals surface area contributed by atoms with Crippen LogP contribution in [0.2, 0.25) is 0 Å². The lowest BCUT2D eigenvalue weighted by atomic mass is 10.1. The van der Waals surface area contributed by atoms with Crippen LogP contribution in [0.3, 0.4) is 0 Å². The number of ketones is 1.